The standard InChI is InChI=1S/C31H37Cl2N3O4S/c1-6-23(4)34-31(38)29(18-24-10-8-7-9-11-24)35(19-25-13-14-26(32)27(33)17-25)30(37)20-36(41(5,39)40)28-15-12-21(2)16-22(28)3/h7-17,23,29H,6,18-20H2,1-5H3,(H,34,38)/t23-,29+/m1/s1. The molecule has 0 spiro atoms. The van der Waals surface area contributed by atoms with Gasteiger partial charge < -0.3 is 10.2 Å². The van der Waals surface area contributed by atoms with Gasteiger partial charge in [-0.1, -0.05) is 84.2 Å². The van der Waals surface area contributed by atoms with Crippen molar-refractivity contribution in [1.82, 2.24) is 10.2 Å². The molecule has 0 aromatic heterocycles. The van der Waals surface area contributed by atoms with Gasteiger partial charge in [-0.05, 0) is 62.1 Å². The summed E-state index contributed by atoms with van der Waals surface area (Å²) >= 11 is 12.4. The van der Waals surface area contributed by atoms with Crippen LogP contribution in [0.25, 0.3) is 0 Å². The third kappa shape index (κ3) is 8.96. The average Bonchev–Trinajstić information content (AvgIpc) is 2.91. The van der Waals surface area contributed by atoms with E-state index in [4.69, 9.17) is 23.2 Å². The second-order valence-corrected chi connectivity index (χ2v) is 13.1. The Kier molecular flexibility index (Phi) is 11.2. The maximum absolute atomic E-state index is 14.2. The molecule has 0 saturated carbocycles. The summed E-state index contributed by atoms with van der Waals surface area (Å²) in [5, 5.41) is 3.69. The van der Waals surface area contributed by atoms with Gasteiger partial charge in [-0.2, -0.15) is 0 Å². The van der Waals surface area contributed by atoms with Crippen LogP contribution in [0.5, 0.6) is 0 Å². The van der Waals surface area contributed by atoms with Gasteiger partial charge in [0.15, 0.2) is 0 Å². The summed E-state index contributed by atoms with van der Waals surface area (Å²) in [6.07, 6.45) is 2.01. The number of rotatable bonds is 12. The van der Waals surface area contributed by atoms with E-state index in [1.807, 2.05) is 57.2 Å². The first-order chi connectivity index (χ1) is 19.3. The molecule has 0 saturated heterocycles. The molecule has 3 rings (SSSR count). The van der Waals surface area contributed by atoms with Gasteiger partial charge in [0, 0.05) is 19.0 Å². The van der Waals surface area contributed by atoms with Crippen molar-refractivity contribution in [2.45, 2.75) is 59.2 Å². The normalized spacial score (nSPS) is 12.9. The second kappa shape index (κ2) is 14.2. The van der Waals surface area contributed by atoms with Crippen molar-refractivity contribution >= 4 is 50.7 Å². The molecule has 0 bridgehead atoms. The molecule has 0 aliphatic heterocycles. The number of aryl methyl sites for hydroxylation is 2. The van der Waals surface area contributed by atoms with E-state index in [0.717, 1.165) is 27.3 Å². The number of sulfonamides is 1. The predicted octanol–water partition coefficient (Wildman–Crippen LogP) is 5.93. The molecule has 0 heterocycles. The van der Waals surface area contributed by atoms with Gasteiger partial charge in [-0.15, -0.1) is 0 Å². The first-order valence-electron chi connectivity index (χ1n) is 13.4. The number of carbonyl (C=O) groups is 2. The zero-order valence-corrected chi connectivity index (χ0v) is 26.4. The highest BCUT2D eigenvalue weighted by molar-refractivity contribution is 7.92. The van der Waals surface area contributed by atoms with Crippen molar-refractivity contribution in [2.24, 2.45) is 0 Å². The van der Waals surface area contributed by atoms with Gasteiger partial charge in [-0.3, -0.25) is 13.9 Å². The fraction of sp³-hybridized carbons (Fsp3) is 0.355. The van der Waals surface area contributed by atoms with Gasteiger partial charge in [0.05, 0.1) is 22.0 Å². The maximum atomic E-state index is 14.2. The van der Waals surface area contributed by atoms with E-state index in [2.05, 4.69) is 5.32 Å². The molecule has 10 heteroatoms. The summed E-state index contributed by atoms with van der Waals surface area (Å²) in [4.78, 5) is 29.4. The molecule has 41 heavy (non-hydrogen) atoms. The number of carbonyl (C=O) groups excluding carboxylic acids is 2. The smallest absolute Gasteiger partial charge is 0.244 e. The number of anilines is 1. The Morgan fingerprint density at radius 1 is 0.927 bits per heavy atom. The van der Waals surface area contributed by atoms with E-state index in [0.29, 0.717) is 27.7 Å². The summed E-state index contributed by atoms with van der Waals surface area (Å²) in [5.41, 5.74) is 3.61. The lowest BCUT2D eigenvalue weighted by Crippen LogP contribution is -2.54. The molecule has 0 fully saturated rings. The zero-order valence-electron chi connectivity index (χ0n) is 24.0. The minimum atomic E-state index is -3.85. The fourth-order valence-corrected chi connectivity index (χ4v) is 5.74. The largest absolute Gasteiger partial charge is 0.352 e. The van der Waals surface area contributed by atoms with E-state index in [1.165, 1.54) is 4.90 Å². The summed E-state index contributed by atoms with van der Waals surface area (Å²) in [6, 6.07) is 18.7. The summed E-state index contributed by atoms with van der Waals surface area (Å²) in [6.45, 7) is 7.11. The van der Waals surface area contributed by atoms with Crippen LogP contribution in [0.15, 0.2) is 66.7 Å². The summed E-state index contributed by atoms with van der Waals surface area (Å²) in [5.74, 6) is -0.851. The number of halogens is 2. The Hall–Kier alpha value is -3.07. The van der Waals surface area contributed by atoms with Crippen molar-refractivity contribution in [3.05, 3.63) is 99.0 Å². The zero-order chi connectivity index (χ0) is 30.3. The van der Waals surface area contributed by atoms with E-state index < -0.39 is 28.5 Å². The van der Waals surface area contributed by atoms with Gasteiger partial charge in [0.25, 0.3) is 0 Å². The highest BCUT2D eigenvalue weighted by Crippen LogP contribution is 2.26. The molecule has 0 aliphatic rings. The molecule has 3 aromatic carbocycles. The van der Waals surface area contributed by atoms with Crippen molar-refractivity contribution in [3.63, 3.8) is 0 Å². The Balaban J connectivity index is 2.10. The maximum Gasteiger partial charge on any atom is 0.244 e. The van der Waals surface area contributed by atoms with Gasteiger partial charge in [-0.25, -0.2) is 8.42 Å². The number of nitrogens with one attached hydrogen (secondary N) is 1. The average molecular weight is 619 g/mol. The Morgan fingerprint density at radius 2 is 1.61 bits per heavy atom. The van der Waals surface area contributed by atoms with E-state index in [1.54, 1.807) is 37.3 Å². The molecule has 0 radical (unpaired) electrons. The molecule has 2 amide bonds. The SMILES string of the molecule is CC[C@@H](C)NC(=O)[C@H](Cc1ccccc1)N(Cc1ccc(Cl)c(Cl)c1)C(=O)CN(c1ccc(C)cc1C)S(C)(=O)=O. The second-order valence-electron chi connectivity index (χ2n) is 10.4. The van der Waals surface area contributed by atoms with Crippen LogP contribution in [-0.4, -0.2) is 50.0 Å². The molecule has 3 aromatic rings. The fourth-order valence-electron chi connectivity index (χ4n) is 4.51. The summed E-state index contributed by atoms with van der Waals surface area (Å²) < 4.78 is 27.1. The minimum Gasteiger partial charge on any atom is -0.352 e. The minimum absolute atomic E-state index is 0.0195. The Bertz CT molecular complexity index is 1480. The Morgan fingerprint density at radius 3 is 2.20 bits per heavy atom. The van der Waals surface area contributed by atoms with Gasteiger partial charge in [0.2, 0.25) is 21.8 Å². The molecular formula is C31H37Cl2N3O4S. The third-order valence-electron chi connectivity index (χ3n) is 6.91. The van der Waals surface area contributed by atoms with E-state index >= 15 is 0 Å². The molecule has 0 aliphatic carbocycles. The van der Waals surface area contributed by atoms with Gasteiger partial charge in [0.1, 0.15) is 12.6 Å². The quantitative estimate of drug-likeness (QED) is 0.273. The Labute approximate surface area is 253 Å². The third-order valence-corrected chi connectivity index (χ3v) is 8.77. The molecule has 7 nitrogen and oxygen atoms in total. The number of benzene rings is 3. The lowest BCUT2D eigenvalue weighted by Gasteiger charge is -2.34. The molecule has 2 atom stereocenters. The van der Waals surface area contributed by atoms with Crippen molar-refractivity contribution in [1.29, 1.82) is 0 Å². The van der Waals surface area contributed by atoms with Crippen LogP contribution < -0.4 is 9.62 Å². The van der Waals surface area contributed by atoms with Crippen LogP contribution in [0.4, 0.5) is 5.69 Å². The highest BCUT2D eigenvalue weighted by atomic mass is 35.5. The van der Waals surface area contributed by atoms with E-state index in [-0.39, 0.29) is 24.9 Å². The van der Waals surface area contributed by atoms with Crippen molar-refractivity contribution in [3.8, 4) is 0 Å². The van der Waals surface area contributed by atoms with E-state index in [9.17, 15) is 18.0 Å². The van der Waals surface area contributed by atoms with Crippen LogP contribution in [0.1, 0.15) is 42.5 Å². The molecule has 220 valence electrons. The van der Waals surface area contributed by atoms with Crippen LogP contribution >= 0.6 is 23.2 Å². The topological polar surface area (TPSA) is 86.8 Å². The lowest BCUT2D eigenvalue weighted by atomic mass is 10.0. The lowest BCUT2D eigenvalue weighted by molar-refractivity contribution is -0.140. The van der Waals surface area contributed by atoms with Crippen LogP contribution in [0.3, 0.4) is 0 Å². The number of nitrogens with zero attached hydrogens (tertiary/aromatic N) is 2. The monoisotopic (exact) mass is 617 g/mol. The van der Waals surface area contributed by atoms with Crippen molar-refractivity contribution in [2.75, 3.05) is 17.1 Å². The highest BCUT2D eigenvalue weighted by Gasteiger charge is 2.33. The van der Waals surface area contributed by atoms with Crippen LogP contribution in [-0.2, 0) is 32.6 Å². The van der Waals surface area contributed by atoms with Crippen LogP contribution in [0, 0.1) is 13.8 Å². The van der Waals surface area contributed by atoms with Gasteiger partial charge >= 0.3 is 0 Å². The molecule has 0 unspecified atom stereocenters. The molecular weight excluding hydrogens is 581 g/mol. The summed E-state index contributed by atoms with van der Waals surface area (Å²) in [7, 11) is -3.85. The first-order valence-corrected chi connectivity index (χ1v) is 16.0. The van der Waals surface area contributed by atoms with Crippen LogP contribution in [0.2, 0.25) is 10.0 Å². The van der Waals surface area contributed by atoms with Crippen molar-refractivity contribution < 1.29 is 18.0 Å². The molecule has 1 N–H and O–H groups in total. The number of amides is 2. The predicted molar refractivity (Wildman–Crippen MR) is 167 cm³/mol. The first kappa shape index (κ1) is 32.4. The number of hydrogen-bond donors (Lipinski definition) is 1. The number of hydrogen-bond acceptors (Lipinski definition) is 4.